The Bertz CT molecular complexity index is 495. The second kappa shape index (κ2) is 6.60. The van der Waals surface area contributed by atoms with E-state index in [1.54, 1.807) is 24.3 Å². The fourth-order valence-electron chi connectivity index (χ4n) is 2.24. The molecule has 2 atom stereocenters. The van der Waals surface area contributed by atoms with Crippen molar-refractivity contribution in [3.63, 3.8) is 0 Å². The van der Waals surface area contributed by atoms with E-state index in [-0.39, 0.29) is 12.2 Å². The molecule has 1 aromatic rings. The molecule has 0 bridgehead atoms. The van der Waals surface area contributed by atoms with E-state index in [2.05, 4.69) is 6.58 Å². The highest BCUT2D eigenvalue weighted by Gasteiger charge is 2.29. The van der Waals surface area contributed by atoms with E-state index in [4.69, 9.17) is 26.3 Å². The first-order valence-corrected chi connectivity index (χ1v) is 6.71. The van der Waals surface area contributed by atoms with Crippen molar-refractivity contribution in [3.05, 3.63) is 41.4 Å². The van der Waals surface area contributed by atoms with Crippen LogP contribution in [0.1, 0.15) is 24.8 Å². The number of ether oxygens (including phenoxy) is 2. The van der Waals surface area contributed by atoms with Crippen LogP contribution in [0.15, 0.2) is 30.9 Å². The predicted octanol–water partition coefficient (Wildman–Crippen LogP) is 3.71. The summed E-state index contributed by atoms with van der Waals surface area (Å²) in [6.45, 7) is 4.19. The van der Waals surface area contributed by atoms with Gasteiger partial charge in [0.05, 0.1) is 23.3 Å². The minimum Gasteiger partial charge on any atom is -0.488 e. The van der Waals surface area contributed by atoms with Crippen molar-refractivity contribution in [3.8, 4) is 11.8 Å². The SMILES string of the molecule is C=CCO[C@@H]1CCC[C@H]1Oc1ccc(C#N)c(Cl)c1. The summed E-state index contributed by atoms with van der Waals surface area (Å²) in [5.41, 5.74) is 0.458. The van der Waals surface area contributed by atoms with E-state index < -0.39 is 0 Å². The average Bonchev–Trinajstić information content (AvgIpc) is 2.84. The van der Waals surface area contributed by atoms with E-state index in [9.17, 15) is 0 Å². The quantitative estimate of drug-likeness (QED) is 0.771. The van der Waals surface area contributed by atoms with E-state index in [0.717, 1.165) is 19.3 Å². The van der Waals surface area contributed by atoms with Gasteiger partial charge in [0.15, 0.2) is 0 Å². The topological polar surface area (TPSA) is 42.2 Å². The highest BCUT2D eigenvalue weighted by molar-refractivity contribution is 6.31. The summed E-state index contributed by atoms with van der Waals surface area (Å²) in [4.78, 5) is 0. The number of nitriles is 1. The van der Waals surface area contributed by atoms with Gasteiger partial charge in [0, 0.05) is 6.07 Å². The fourth-order valence-corrected chi connectivity index (χ4v) is 2.46. The Morgan fingerprint density at radius 1 is 1.42 bits per heavy atom. The fraction of sp³-hybridized carbons (Fsp3) is 0.400. The number of nitrogens with zero attached hydrogens (tertiary/aromatic N) is 1. The summed E-state index contributed by atoms with van der Waals surface area (Å²) in [6.07, 6.45) is 4.96. The molecule has 1 saturated carbocycles. The molecule has 3 nitrogen and oxygen atoms in total. The van der Waals surface area contributed by atoms with E-state index in [0.29, 0.717) is 22.9 Å². The van der Waals surface area contributed by atoms with Crippen LogP contribution in [0, 0.1) is 11.3 Å². The Labute approximate surface area is 118 Å². The second-order valence-electron chi connectivity index (χ2n) is 4.50. The lowest BCUT2D eigenvalue weighted by Gasteiger charge is -2.21. The van der Waals surface area contributed by atoms with Gasteiger partial charge in [-0.1, -0.05) is 17.7 Å². The van der Waals surface area contributed by atoms with Gasteiger partial charge >= 0.3 is 0 Å². The largest absolute Gasteiger partial charge is 0.488 e. The maximum Gasteiger partial charge on any atom is 0.125 e. The molecule has 19 heavy (non-hydrogen) atoms. The monoisotopic (exact) mass is 277 g/mol. The van der Waals surface area contributed by atoms with Crippen molar-refractivity contribution < 1.29 is 9.47 Å². The van der Waals surface area contributed by atoms with Crippen molar-refractivity contribution in [2.24, 2.45) is 0 Å². The number of hydrogen-bond acceptors (Lipinski definition) is 3. The molecule has 0 heterocycles. The first-order chi connectivity index (χ1) is 9.24. The van der Waals surface area contributed by atoms with Crippen LogP contribution < -0.4 is 4.74 Å². The number of rotatable bonds is 5. The number of hydrogen-bond donors (Lipinski definition) is 0. The normalized spacial score (nSPS) is 21.9. The first-order valence-electron chi connectivity index (χ1n) is 6.33. The van der Waals surface area contributed by atoms with Crippen molar-refractivity contribution in [2.45, 2.75) is 31.5 Å². The van der Waals surface area contributed by atoms with Gasteiger partial charge in [-0.25, -0.2) is 0 Å². The predicted molar refractivity (Wildman–Crippen MR) is 74.4 cm³/mol. The van der Waals surface area contributed by atoms with Gasteiger partial charge in [-0.05, 0) is 31.4 Å². The van der Waals surface area contributed by atoms with Crippen LogP contribution in [0.3, 0.4) is 0 Å². The number of halogens is 1. The van der Waals surface area contributed by atoms with Crippen LogP contribution in [0.25, 0.3) is 0 Å². The molecule has 1 aliphatic rings. The Morgan fingerprint density at radius 3 is 2.89 bits per heavy atom. The Balaban J connectivity index is 2.02. The zero-order chi connectivity index (χ0) is 13.7. The highest BCUT2D eigenvalue weighted by atomic mass is 35.5. The molecule has 0 aromatic heterocycles. The third kappa shape index (κ3) is 3.50. The van der Waals surface area contributed by atoms with Crippen molar-refractivity contribution in [2.75, 3.05) is 6.61 Å². The van der Waals surface area contributed by atoms with Crippen LogP contribution in [0.4, 0.5) is 0 Å². The molecule has 0 amide bonds. The molecule has 100 valence electrons. The molecule has 0 radical (unpaired) electrons. The summed E-state index contributed by atoms with van der Waals surface area (Å²) in [5, 5.41) is 9.25. The van der Waals surface area contributed by atoms with Crippen LogP contribution >= 0.6 is 11.6 Å². The van der Waals surface area contributed by atoms with Crippen molar-refractivity contribution in [1.29, 1.82) is 5.26 Å². The summed E-state index contributed by atoms with van der Waals surface area (Å²) in [7, 11) is 0. The minimum absolute atomic E-state index is 0.0453. The molecular weight excluding hydrogens is 262 g/mol. The zero-order valence-corrected chi connectivity index (χ0v) is 11.4. The van der Waals surface area contributed by atoms with Crippen LogP contribution in [-0.4, -0.2) is 18.8 Å². The highest BCUT2D eigenvalue weighted by Crippen LogP contribution is 2.29. The maximum absolute atomic E-state index is 8.83. The molecule has 2 rings (SSSR count). The zero-order valence-electron chi connectivity index (χ0n) is 10.6. The molecule has 0 spiro atoms. The summed E-state index contributed by atoms with van der Waals surface area (Å²) in [5.74, 6) is 0.683. The molecule has 4 heteroatoms. The summed E-state index contributed by atoms with van der Waals surface area (Å²) >= 11 is 5.99. The standard InChI is InChI=1S/C15H16ClNO2/c1-2-8-18-14-4-3-5-15(14)19-12-7-6-11(10-17)13(16)9-12/h2,6-7,9,14-15H,1,3-5,8H2/t14-,15-/m1/s1. The Hall–Kier alpha value is -1.50. The Kier molecular flexibility index (Phi) is 4.84. The molecule has 1 aliphatic carbocycles. The molecule has 0 unspecified atom stereocenters. The van der Waals surface area contributed by atoms with Crippen LogP contribution in [0.5, 0.6) is 5.75 Å². The molecule has 0 aliphatic heterocycles. The van der Waals surface area contributed by atoms with E-state index in [1.165, 1.54) is 0 Å². The van der Waals surface area contributed by atoms with E-state index >= 15 is 0 Å². The first kappa shape index (κ1) is 13.9. The smallest absolute Gasteiger partial charge is 0.125 e. The van der Waals surface area contributed by atoms with Gasteiger partial charge in [0.2, 0.25) is 0 Å². The van der Waals surface area contributed by atoms with Gasteiger partial charge in [0.1, 0.15) is 17.9 Å². The summed E-state index contributed by atoms with van der Waals surface area (Å²) < 4.78 is 11.6. The molecule has 1 fully saturated rings. The van der Waals surface area contributed by atoms with Gasteiger partial charge in [-0.15, -0.1) is 6.58 Å². The number of benzene rings is 1. The second-order valence-corrected chi connectivity index (χ2v) is 4.91. The molecule has 1 aromatic carbocycles. The van der Waals surface area contributed by atoms with Gasteiger partial charge in [-0.2, -0.15) is 5.26 Å². The minimum atomic E-state index is 0.0453. The van der Waals surface area contributed by atoms with E-state index in [1.807, 2.05) is 6.07 Å². The lowest BCUT2D eigenvalue weighted by atomic mass is 10.2. The third-order valence-electron chi connectivity index (χ3n) is 3.17. The van der Waals surface area contributed by atoms with Crippen LogP contribution in [-0.2, 0) is 4.74 Å². The van der Waals surface area contributed by atoms with Gasteiger partial charge in [-0.3, -0.25) is 0 Å². The lowest BCUT2D eigenvalue weighted by molar-refractivity contribution is 0.00551. The van der Waals surface area contributed by atoms with Crippen molar-refractivity contribution in [1.82, 2.24) is 0 Å². The molecule has 0 N–H and O–H groups in total. The third-order valence-corrected chi connectivity index (χ3v) is 3.48. The van der Waals surface area contributed by atoms with Crippen molar-refractivity contribution >= 4 is 11.6 Å². The van der Waals surface area contributed by atoms with Gasteiger partial charge in [0.25, 0.3) is 0 Å². The molecule has 0 saturated heterocycles. The van der Waals surface area contributed by atoms with Gasteiger partial charge < -0.3 is 9.47 Å². The maximum atomic E-state index is 8.83. The Morgan fingerprint density at radius 2 is 2.21 bits per heavy atom. The summed E-state index contributed by atoms with van der Waals surface area (Å²) in [6, 6.07) is 7.16. The average molecular weight is 278 g/mol. The lowest BCUT2D eigenvalue weighted by Crippen LogP contribution is -2.28. The molecular formula is C15H16ClNO2. The van der Waals surface area contributed by atoms with Crippen LogP contribution in [0.2, 0.25) is 5.02 Å².